The average Bonchev–Trinajstić information content (AvgIpc) is 3.09. The van der Waals surface area contributed by atoms with E-state index in [-0.39, 0.29) is 11.4 Å². The van der Waals surface area contributed by atoms with E-state index in [2.05, 4.69) is 4.99 Å². The molecule has 18 heavy (non-hydrogen) atoms. The number of hydrogen-bond acceptors (Lipinski definition) is 4. The minimum absolute atomic E-state index is 0.0381. The lowest BCUT2D eigenvalue weighted by atomic mass is 10.0. The summed E-state index contributed by atoms with van der Waals surface area (Å²) >= 11 is 0. The van der Waals surface area contributed by atoms with Gasteiger partial charge in [0.05, 0.1) is 0 Å². The van der Waals surface area contributed by atoms with Gasteiger partial charge in [0, 0.05) is 5.41 Å². The normalized spacial score (nSPS) is 23.8. The minimum atomic E-state index is -0.392. The summed E-state index contributed by atoms with van der Waals surface area (Å²) in [6.07, 6.45) is 2.85. The first-order chi connectivity index (χ1) is 8.70. The monoisotopic (exact) mass is 244 g/mol. The highest BCUT2D eigenvalue weighted by Gasteiger charge is 2.53. The third kappa shape index (κ3) is 1.98. The van der Waals surface area contributed by atoms with E-state index in [1.807, 2.05) is 30.3 Å². The summed E-state index contributed by atoms with van der Waals surface area (Å²) in [7, 11) is 0. The predicted octanol–water partition coefficient (Wildman–Crippen LogP) is 1.64. The number of aliphatic imine (C=N–C) groups is 1. The number of nitrogens with two attached hydrogens (primary N) is 1. The lowest BCUT2D eigenvalue weighted by Gasteiger charge is -2.09. The lowest BCUT2D eigenvalue weighted by molar-refractivity contribution is -0.146. The van der Waals surface area contributed by atoms with Crippen molar-refractivity contribution in [3.8, 4) is 0 Å². The summed E-state index contributed by atoms with van der Waals surface area (Å²) < 4.78 is 5.28. The number of nitrogens with zero attached hydrogens (tertiary/aromatic N) is 1. The van der Waals surface area contributed by atoms with E-state index in [4.69, 9.17) is 10.5 Å². The molecule has 1 aromatic carbocycles. The number of carbonyl (C=O) groups is 1. The van der Waals surface area contributed by atoms with Gasteiger partial charge in [-0.2, -0.15) is 0 Å². The third-order valence-electron chi connectivity index (χ3n) is 3.77. The number of ether oxygens (including phenoxy) is 1. The summed E-state index contributed by atoms with van der Waals surface area (Å²) in [6, 6.07) is 9.26. The van der Waals surface area contributed by atoms with Gasteiger partial charge in [-0.05, 0) is 24.8 Å². The second-order valence-corrected chi connectivity index (χ2v) is 5.11. The zero-order chi connectivity index (χ0) is 12.6. The zero-order valence-corrected chi connectivity index (χ0v) is 10.1. The molecule has 1 aliphatic carbocycles. The molecule has 1 heterocycles. The van der Waals surface area contributed by atoms with Crippen LogP contribution in [-0.2, 0) is 16.1 Å². The molecule has 0 saturated heterocycles. The maximum atomic E-state index is 11.9. The Balaban J connectivity index is 1.57. The fourth-order valence-electron chi connectivity index (χ4n) is 2.40. The molecule has 1 fully saturated rings. The van der Waals surface area contributed by atoms with E-state index in [1.54, 1.807) is 0 Å². The topological polar surface area (TPSA) is 64.7 Å². The van der Waals surface area contributed by atoms with Crippen LogP contribution in [0.4, 0.5) is 0 Å². The SMILES string of the molecule is NC1=N[C@H](C(=O)OCc2ccccc2)CC12CC2. The number of hydrogen-bond donors (Lipinski definition) is 1. The Morgan fingerprint density at radius 1 is 1.39 bits per heavy atom. The largest absolute Gasteiger partial charge is 0.459 e. The lowest BCUT2D eigenvalue weighted by Crippen LogP contribution is -2.22. The zero-order valence-electron chi connectivity index (χ0n) is 10.1. The van der Waals surface area contributed by atoms with Crippen LogP contribution in [-0.4, -0.2) is 17.8 Å². The van der Waals surface area contributed by atoms with Crippen LogP contribution in [0, 0.1) is 5.41 Å². The molecule has 0 amide bonds. The molecule has 1 atom stereocenters. The first kappa shape index (κ1) is 11.3. The number of benzene rings is 1. The van der Waals surface area contributed by atoms with Crippen LogP contribution >= 0.6 is 0 Å². The number of rotatable bonds is 3. The fourth-order valence-corrected chi connectivity index (χ4v) is 2.40. The van der Waals surface area contributed by atoms with Gasteiger partial charge in [-0.3, -0.25) is 4.99 Å². The fraction of sp³-hybridized carbons (Fsp3) is 0.429. The van der Waals surface area contributed by atoms with Crippen LogP contribution in [0.3, 0.4) is 0 Å². The average molecular weight is 244 g/mol. The quantitative estimate of drug-likeness (QED) is 0.822. The first-order valence-electron chi connectivity index (χ1n) is 6.24. The molecule has 0 radical (unpaired) electrons. The van der Waals surface area contributed by atoms with Gasteiger partial charge in [0.2, 0.25) is 0 Å². The third-order valence-corrected chi connectivity index (χ3v) is 3.77. The maximum Gasteiger partial charge on any atom is 0.331 e. The predicted molar refractivity (Wildman–Crippen MR) is 67.9 cm³/mol. The molecule has 0 aromatic heterocycles. The van der Waals surface area contributed by atoms with Crippen molar-refractivity contribution in [2.24, 2.45) is 16.1 Å². The van der Waals surface area contributed by atoms with Crippen molar-refractivity contribution >= 4 is 11.8 Å². The molecule has 0 unspecified atom stereocenters. The Kier molecular flexibility index (Phi) is 2.58. The minimum Gasteiger partial charge on any atom is -0.459 e. The summed E-state index contributed by atoms with van der Waals surface area (Å²) in [4.78, 5) is 16.1. The Morgan fingerprint density at radius 3 is 2.72 bits per heavy atom. The van der Waals surface area contributed by atoms with Crippen molar-refractivity contribution < 1.29 is 9.53 Å². The highest BCUT2D eigenvalue weighted by atomic mass is 16.5. The van der Waals surface area contributed by atoms with E-state index in [0.29, 0.717) is 12.4 Å². The molecule has 1 spiro atoms. The molecule has 2 N–H and O–H groups in total. The molecule has 1 saturated carbocycles. The van der Waals surface area contributed by atoms with Crippen LogP contribution in [0.2, 0.25) is 0 Å². The maximum absolute atomic E-state index is 11.9. The highest BCUT2D eigenvalue weighted by molar-refractivity contribution is 5.95. The molecule has 4 heteroatoms. The van der Waals surface area contributed by atoms with Crippen molar-refractivity contribution in [3.63, 3.8) is 0 Å². The molecule has 2 aliphatic rings. The molecular weight excluding hydrogens is 228 g/mol. The van der Waals surface area contributed by atoms with Gasteiger partial charge in [0.1, 0.15) is 12.4 Å². The molecule has 94 valence electrons. The van der Waals surface area contributed by atoms with Crippen LogP contribution in [0.15, 0.2) is 35.3 Å². The van der Waals surface area contributed by atoms with E-state index >= 15 is 0 Å². The smallest absolute Gasteiger partial charge is 0.331 e. The van der Waals surface area contributed by atoms with Crippen molar-refractivity contribution in [1.29, 1.82) is 0 Å². The Hall–Kier alpha value is -1.84. The number of amidine groups is 1. The van der Waals surface area contributed by atoms with Crippen molar-refractivity contribution in [2.45, 2.75) is 31.9 Å². The van der Waals surface area contributed by atoms with Gasteiger partial charge in [0.15, 0.2) is 6.04 Å². The van der Waals surface area contributed by atoms with Crippen molar-refractivity contribution in [3.05, 3.63) is 35.9 Å². The van der Waals surface area contributed by atoms with Gasteiger partial charge in [-0.1, -0.05) is 30.3 Å². The summed E-state index contributed by atoms with van der Waals surface area (Å²) in [5.41, 5.74) is 6.88. The van der Waals surface area contributed by atoms with E-state index in [1.165, 1.54) is 0 Å². The van der Waals surface area contributed by atoms with Gasteiger partial charge < -0.3 is 10.5 Å². The van der Waals surface area contributed by atoms with Crippen LogP contribution < -0.4 is 5.73 Å². The molecule has 1 aliphatic heterocycles. The summed E-state index contributed by atoms with van der Waals surface area (Å²) in [5.74, 6) is 0.384. The summed E-state index contributed by atoms with van der Waals surface area (Å²) in [6.45, 7) is 0.304. The number of esters is 1. The Labute approximate surface area is 106 Å². The van der Waals surface area contributed by atoms with Gasteiger partial charge in [-0.25, -0.2) is 4.79 Å². The molecule has 0 bridgehead atoms. The standard InChI is InChI=1S/C14H16N2O2/c15-13-14(6-7-14)8-11(16-13)12(17)18-9-10-4-2-1-3-5-10/h1-5,11H,6-9H2,(H2,15,16)/t11-/m0/s1. The molecular formula is C14H16N2O2. The summed E-state index contributed by atoms with van der Waals surface area (Å²) in [5, 5.41) is 0. The van der Waals surface area contributed by atoms with E-state index < -0.39 is 6.04 Å². The Morgan fingerprint density at radius 2 is 2.11 bits per heavy atom. The second-order valence-electron chi connectivity index (χ2n) is 5.11. The van der Waals surface area contributed by atoms with Crippen LogP contribution in [0.1, 0.15) is 24.8 Å². The first-order valence-corrected chi connectivity index (χ1v) is 6.24. The second kappa shape index (κ2) is 4.12. The van der Waals surface area contributed by atoms with E-state index in [9.17, 15) is 4.79 Å². The van der Waals surface area contributed by atoms with Crippen molar-refractivity contribution in [2.75, 3.05) is 0 Å². The Bertz CT molecular complexity index is 492. The molecule has 3 rings (SSSR count). The number of carbonyl (C=O) groups excluding carboxylic acids is 1. The molecule has 1 aromatic rings. The highest BCUT2D eigenvalue weighted by Crippen LogP contribution is 2.53. The van der Waals surface area contributed by atoms with Gasteiger partial charge in [0.25, 0.3) is 0 Å². The molecule has 4 nitrogen and oxygen atoms in total. The van der Waals surface area contributed by atoms with Crippen LogP contribution in [0.5, 0.6) is 0 Å². The van der Waals surface area contributed by atoms with Crippen molar-refractivity contribution in [1.82, 2.24) is 0 Å². The van der Waals surface area contributed by atoms with Gasteiger partial charge in [-0.15, -0.1) is 0 Å². The van der Waals surface area contributed by atoms with Gasteiger partial charge >= 0.3 is 5.97 Å². The van der Waals surface area contributed by atoms with E-state index in [0.717, 1.165) is 24.8 Å². The van der Waals surface area contributed by atoms with Crippen LogP contribution in [0.25, 0.3) is 0 Å².